The quantitative estimate of drug-likeness (QED) is 0.727. The molecule has 11 heteroatoms. The summed E-state index contributed by atoms with van der Waals surface area (Å²) in [6.07, 6.45) is -4.65. The normalized spacial score (nSPS) is 12.1. The predicted octanol–water partition coefficient (Wildman–Crippen LogP) is 4.23. The molecule has 1 aromatic carbocycles. The molecule has 0 unspecified atom stereocenters. The molecule has 0 saturated heterocycles. The first-order valence-corrected chi connectivity index (χ1v) is 8.26. The average molecular weight is 390 g/mol. The number of amides is 1. The third kappa shape index (κ3) is 3.45. The molecule has 6 nitrogen and oxygen atoms in total. The molecule has 2 heterocycles. The number of carbonyl (C=O) groups is 1. The fourth-order valence-electron chi connectivity index (χ4n) is 2.12. The van der Waals surface area contributed by atoms with Crippen molar-refractivity contribution in [2.75, 3.05) is 5.32 Å². The molecule has 3 rings (SSSR count). The fourth-order valence-corrected chi connectivity index (χ4v) is 3.03. The van der Waals surface area contributed by atoms with Crippen LogP contribution in [-0.4, -0.2) is 25.7 Å². The standard InChI is InChI=1S/C14H11ClF3N5OS/c1-6(2)10-20-21-13-23(10)22-12(25-13)11(24)19-9-4-3-7(15)5-8(9)14(16,17)18/h3-6H,1-2H3,(H,19,24). The number of fused-ring (bicyclic) bond motifs is 1. The van der Waals surface area contributed by atoms with Crippen LogP contribution in [0.1, 0.15) is 41.0 Å². The summed E-state index contributed by atoms with van der Waals surface area (Å²) in [6, 6.07) is 3.12. The zero-order chi connectivity index (χ0) is 18.4. The van der Waals surface area contributed by atoms with E-state index in [1.165, 1.54) is 10.6 Å². The number of benzene rings is 1. The summed E-state index contributed by atoms with van der Waals surface area (Å²) >= 11 is 6.56. The highest BCUT2D eigenvalue weighted by molar-refractivity contribution is 7.18. The molecule has 3 aromatic rings. The van der Waals surface area contributed by atoms with Crippen molar-refractivity contribution in [3.63, 3.8) is 0 Å². The van der Waals surface area contributed by atoms with Crippen LogP contribution in [0.5, 0.6) is 0 Å². The van der Waals surface area contributed by atoms with Crippen molar-refractivity contribution in [2.24, 2.45) is 0 Å². The van der Waals surface area contributed by atoms with E-state index in [4.69, 9.17) is 11.6 Å². The van der Waals surface area contributed by atoms with Gasteiger partial charge in [-0.1, -0.05) is 36.8 Å². The molecule has 0 radical (unpaired) electrons. The number of hydrogen-bond acceptors (Lipinski definition) is 5. The summed E-state index contributed by atoms with van der Waals surface area (Å²) in [4.78, 5) is 12.7. The molecule has 1 amide bonds. The first kappa shape index (κ1) is 17.6. The van der Waals surface area contributed by atoms with Crippen LogP contribution in [0.3, 0.4) is 0 Å². The van der Waals surface area contributed by atoms with Gasteiger partial charge < -0.3 is 5.32 Å². The Labute approximate surface area is 148 Å². The molecular weight excluding hydrogens is 379 g/mol. The summed E-state index contributed by atoms with van der Waals surface area (Å²) in [5, 5.41) is 14.1. The van der Waals surface area contributed by atoms with Gasteiger partial charge in [0, 0.05) is 10.9 Å². The van der Waals surface area contributed by atoms with Gasteiger partial charge in [0.2, 0.25) is 9.97 Å². The molecule has 0 saturated carbocycles. The molecular formula is C14H11ClF3N5OS. The summed E-state index contributed by atoms with van der Waals surface area (Å²) in [6.45, 7) is 3.78. The predicted molar refractivity (Wildman–Crippen MR) is 87.2 cm³/mol. The second-order valence-electron chi connectivity index (χ2n) is 5.46. The maximum absolute atomic E-state index is 13.1. The molecule has 1 N–H and O–H groups in total. The SMILES string of the molecule is CC(C)c1nnc2sc(C(=O)Nc3ccc(Cl)cc3C(F)(F)F)nn12. The van der Waals surface area contributed by atoms with Crippen LogP contribution in [0.15, 0.2) is 18.2 Å². The molecule has 0 aliphatic carbocycles. The van der Waals surface area contributed by atoms with Crippen molar-refractivity contribution >= 4 is 39.5 Å². The Balaban J connectivity index is 1.93. The number of aromatic nitrogens is 4. The Morgan fingerprint density at radius 1 is 1.32 bits per heavy atom. The van der Waals surface area contributed by atoms with Crippen molar-refractivity contribution in [3.05, 3.63) is 39.6 Å². The van der Waals surface area contributed by atoms with E-state index < -0.39 is 23.3 Å². The highest BCUT2D eigenvalue weighted by Gasteiger charge is 2.34. The van der Waals surface area contributed by atoms with Crippen LogP contribution in [0.25, 0.3) is 4.96 Å². The minimum absolute atomic E-state index is 0.0186. The van der Waals surface area contributed by atoms with Gasteiger partial charge in [-0.2, -0.15) is 17.7 Å². The Bertz CT molecular complexity index is 950. The number of anilines is 1. The summed E-state index contributed by atoms with van der Waals surface area (Å²) in [7, 11) is 0. The zero-order valence-electron chi connectivity index (χ0n) is 12.9. The minimum Gasteiger partial charge on any atom is -0.319 e. The van der Waals surface area contributed by atoms with Crippen LogP contribution in [0.2, 0.25) is 5.02 Å². The van der Waals surface area contributed by atoms with Gasteiger partial charge in [-0.05, 0) is 18.2 Å². The zero-order valence-corrected chi connectivity index (χ0v) is 14.5. The average Bonchev–Trinajstić information content (AvgIpc) is 3.07. The van der Waals surface area contributed by atoms with Gasteiger partial charge in [0.05, 0.1) is 11.3 Å². The molecule has 0 spiro atoms. The van der Waals surface area contributed by atoms with Gasteiger partial charge >= 0.3 is 6.18 Å². The lowest BCUT2D eigenvalue weighted by atomic mass is 10.1. The number of alkyl halides is 3. The largest absolute Gasteiger partial charge is 0.418 e. The van der Waals surface area contributed by atoms with Crippen LogP contribution in [0, 0.1) is 0 Å². The number of nitrogens with one attached hydrogen (secondary N) is 1. The van der Waals surface area contributed by atoms with E-state index in [1.807, 2.05) is 13.8 Å². The highest BCUT2D eigenvalue weighted by Crippen LogP contribution is 2.36. The van der Waals surface area contributed by atoms with E-state index in [2.05, 4.69) is 20.6 Å². The number of rotatable bonds is 3. The number of carbonyl (C=O) groups excluding carboxylic acids is 1. The van der Waals surface area contributed by atoms with E-state index >= 15 is 0 Å². The number of hydrogen-bond donors (Lipinski definition) is 1. The van der Waals surface area contributed by atoms with Crippen LogP contribution < -0.4 is 5.32 Å². The molecule has 132 valence electrons. The summed E-state index contributed by atoms with van der Waals surface area (Å²) in [5.74, 6) is -0.174. The summed E-state index contributed by atoms with van der Waals surface area (Å²) in [5.41, 5.74) is -1.42. The Kier molecular flexibility index (Phi) is 4.41. The highest BCUT2D eigenvalue weighted by atomic mass is 35.5. The second-order valence-corrected chi connectivity index (χ2v) is 6.85. The van der Waals surface area contributed by atoms with Crippen LogP contribution in [0.4, 0.5) is 18.9 Å². The van der Waals surface area contributed by atoms with Crippen molar-refractivity contribution < 1.29 is 18.0 Å². The third-order valence-corrected chi connectivity index (χ3v) is 4.39. The van der Waals surface area contributed by atoms with Crippen molar-refractivity contribution in [1.29, 1.82) is 0 Å². The second kappa shape index (κ2) is 6.26. The lowest BCUT2D eigenvalue weighted by Gasteiger charge is -2.13. The maximum Gasteiger partial charge on any atom is 0.418 e. The molecule has 2 aromatic heterocycles. The van der Waals surface area contributed by atoms with Gasteiger partial charge in [-0.15, -0.1) is 15.3 Å². The lowest BCUT2D eigenvalue weighted by molar-refractivity contribution is -0.136. The number of nitrogens with zero attached hydrogens (tertiary/aromatic N) is 4. The van der Waals surface area contributed by atoms with Crippen molar-refractivity contribution in [3.8, 4) is 0 Å². The monoisotopic (exact) mass is 389 g/mol. The molecule has 0 fully saturated rings. The molecule has 25 heavy (non-hydrogen) atoms. The Morgan fingerprint density at radius 3 is 2.68 bits per heavy atom. The lowest BCUT2D eigenvalue weighted by Crippen LogP contribution is -2.17. The Hall–Kier alpha value is -2.20. The first-order chi connectivity index (χ1) is 11.7. The topological polar surface area (TPSA) is 72.2 Å². The van der Waals surface area contributed by atoms with Gasteiger partial charge in [-0.25, -0.2) is 0 Å². The first-order valence-electron chi connectivity index (χ1n) is 7.07. The van der Waals surface area contributed by atoms with Crippen molar-refractivity contribution in [2.45, 2.75) is 25.9 Å². The van der Waals surface area contributed by atoms with E-state index in [0.29, 0.717) is 10.8 Å². The van der Waals surface area contributed by atoms with Gasteiger partial charge in [-0.3, -0.25) is 4.79 Å². The number of halogens is 4. The van der Waals surface area contributed by atoms with E-state index in [9.17, 15) is 18.0 Å². The minimum atomic E-state index is -4.65. The van der Waals surface area contributed by atoms with Gasteiger partial charge in [0.1, 0.15) is 0 Å². The molecule has 0 aliphatic rings. The maximum atomic E-state index is 13.1. The molecule has 0 aliphatic heterocycles. The third-order valence-electron chi connectivity index (χ3n) is 3.26. The molecule has 0 atom stereocenters. The Morgan fingerprint density at radius 2 is 2.04 bits per heavy atom. The molecule has 0 bridgehead atoms. The van der Waals surface area contributed by atoms with Crippen LogP contribution in [-0.2, 0) is 6.18 Å². The van der Waals surface area contributed by atoms with Gasteiger partial charge in [0.25, 0.3) is 5.91 Å². The van der Waals surface area contributed by atoms with Crippen molar-refractivity contribution in [1.82, 2.24) is 19.8 Å². The fraction of sp³-hybridized carbons (Fsp3) is 0.286. The van der Waals surface area contributed by atoms with Crippen LogP contribution >= 0.6 is 22.9 Å². The van der Waals surface area contributed by atoms with E-state index in [-0.39, 0.29) is 15.9 Å². The van der Waals surface area contributed by atoms with Gasteiger partial charge in [0.15, 0.2) is 5.82 Å². The smallest absolute Gasteiger partial charge is 0.319 e. The van der Waals surface area contributed by atoms with E-state index in [1.54, 1.807) is 0 Å². The summed E-state index contributed by atoms with van der Waals surface area (Å²) < 4.78 is 40.7. The van der Waals surface area contributed by atoms with E-state index in [0.717, 1.165) is 23.5 Å².